The highest BCUT2D eigenvalue weighted by atomic mass is 35.5. The van der Waals surface area contributed by atoms with Crippen molar-refractivity contribution >= 4 is 11.6 Å². The van der Waals surface area contributed by atoms with E-state index >= 15 is 0 Å². The van der Waals surface area contributed by atoms with Crippen LogP contribution in [0.3, 0.4) is 0 Å². The molecule has 1 aliphatic heterocycles. The molecule has 3 nitrogen and oxygen atoms in total. The predicted octanol–water partition coefficient (Wildman–Crippen LogP) is 2.85. The lowest BCUT2D eigenvalue weighted by molar-refractivity contribution is -0.185. The minimum atomic E-state index is -0.461. The molecule has 1 aliphatic rings. The van der Waals surface area contributed by atoms with E-state index in [4.69, 9.17) is 21.1 Å². The topological polar surface area (TPSA) is 38.7 Å². The number of aliphatic hydroxyl groups is 1. The summed E-state index contributed by atoms with van der Waals surface area (Å²) in [5, 5.41) is 9.65. The van der Waals surface area contributed by atoms with Gasteiger partial charge in [-0.25, -0.2) is 0 Å². The molecule has 100 valence electrons. The van der Waals surface area contributed by atoms with E-state index in [2.05, 4.69) is 6.58 Å². The summed E-state index contributed by atoms with van der Waals surface area (Å²) in [5.74, 6) is 0.433. The van der Waals surface area contributed by atoms with Crippen molar-refractivity contribution in [3.63, 3.8) is 0 Å². The molecular formula is C13H23ClO3. The van der Waals surface area contributed by atoms with Crippen LogP contribution in [0.1, 0.15) is 39.0 Å². The number of aliphatic hydroxyl groups excluding tert-OH is 1. The SMILES string of the molecule is C=C(C)C(O)CCC(CCl)OC1CCCCO1. The maximum atomic E-state index is 9.65. The Balaban J connectivity index is 2.25. The van der Waals surface area contributed by atoms with Crippen molar-refractivity contribution in [2.45, 2.75) is 57.5 Å². The summed E-state index contributed by atoms with van der Waals surface area (Å²) < 4.78 is 11.3. The van der Waals surface area contributed by atoms with Crippen LogP contribution in [-0.4, -0.2) is 36.1 Å². The van der Waals surface area contributed by atoms with E-state index in [0.717, 1.165) is 37.9 Å². The van der Waals surface area contributed by atoms with E-state index in [1.54, 1.807) is 0 Å². The number of hydrogen-bond donors (Lipinski definition) is 1. The first-order valence-electron chi connectivity index (χ1n) is 6.30. The quantitative estimate of drug-likeness (QED) is 0.566. The molecule has 17 heavy (non-hydrogen) atoms. The van der Waals surface area contributed by atoms with Crippen molar-refractivity contribution < 1.29 is 14.6 Å². The predicted molar refractivity (Wildman–Crippen MR) is 69.2 cm³/mol. The summed E-state index contributed by atoms with van der Waals surface area (Å²) in [7, 11) is 0. The van der Waals surface area contributed by atoms with Gasteiger partial charge in [0.15, 0.2) is 6.29 Å². The van der Waals surface area contributed by atoms with E-state index in [1.807, 2.05) is 6.92 Å². The van der Waals surface area contributed by atoms with Gasteiger partial charge in [0.1, 0.15) is 0 Å². The molecule has 0 aromatic rings. The summed E-state index contributed by atoms with van der Waals surface area (Å²) in [5.41, 5.74) is 0.784. The summed E-state index contributed by atoms with van der Waals surface area (Å²) in [6.07, 6.45) is 3.95. The number of alkyl halides is 1. The summed E-state index contributed by atoms with van der Waals surface area (Å²) in [6, 6.07) is 0. The van der Waals surface area contributed by atoms with Crippen LogP contribution in [0.25, 0.3) is 0 Å². The number of hydrogen-bond acceptors (Lipinski definition) is 3. The third-order valence-corrected chi connectivity index (χ3v) is 3.33. The van der Waals surface area contributed by atoms with Crippen molar-refractivity contribution in [1.82, 2.24) is 0 Å². The lowest BCUT2D eigenvalue weighted by atomic mass is 10.1. The van der Waals surface area contributed by atoms with E-state index in [1.165, 1.54) is 0 Å². The zero-order chi connectivity index (χ0) is 12.7. The number of halogens is 1. The summed E-state index contributed by atoms with van der Waals surface area (Å²) in [6.45, 7) is 6.32. The first-order chi connectivity index (χ1) is 8.13. The zero-order valence-electron chi connectivity index (χ0n) is 10.5. The Bertz CT molecular complexity index is 227. The zero-order valence-corrected chi connectivity index (χ0v) is 11.3. The molecule has 4 heteroatoms. The molecule has 3 unspecified atom stereocenters. The van der Waals surface area contributed by atoms with Crippen LogP contribution < -0.4 is 0 Å². The largest absolute Gasteiger partial charge is 0.389 e. The van der Waals surface area contributed by atoms with Gasteiger partial charge in [-0.05, 0) is 39.0 Å². The van der Waals surface area contributed by atoms with Gasteiger partial charge in [0.2, 0.25) is 0 Å². The Morgan fingerprint density at radius 2 is 2.29 bits per heavy atom. The summed E-state index contributed by atoms with van der Waals surface area (Å²) >= 11 is 5.87. The fourth-order valence-corrected chi connectivity index (χ4v) is 2.03. The fourth-order valence-electron chi connectivity index (χ4n) is 1.80. The van der Waals surface area contributed by atoms with E-state index in [0.29, 0.717) is 12.3 Å². The molecule has 1 N–H and O–H groups in total. The molecular weight excluding hydrogens is 240 g/mol. The molecule has 1 heterocycles. The standard InChI is InChI=1S/C13H23ClO3/c1-10(2)12(15)7-6-11(9-14)17-13-5-3-4-8-16-13/h11-13,15H,1,3-9H2,2H3. The molecule has 0 amide bonds. The second-order valence-electron chi connectivity index (χ2n) is 4.65. The average Bonchev–Trinajstić information content (AvgIpc) is 2.35. The Morgan fingerprint density at radius 1 is 1.53 bits per heavy atom. The molecule has 1 saturated heterocycles. The van der Waals surface area contributed by atoms with Gasteiger partial charge in [0, 0.05) is 12.5 Å². The Morgan fingerprint density at radius 3 is 2.82 bits per heavy atom. The van der Waals surface area contributed by atoms with Gasteiger partial charge >= 0.3 is 0 Å². The van der Waals surface area contributed by atoms with Crippen LogP contribution in [-0.2, 0) is 9.47 Å². The van der Waals surface area contributed by atoms with Crippen LogP contribution in [0, 0.1) is 0 Å². The van der Waals surface area contributed by atoms with Crippen molar-refractivity contribution in [2.75, 3.05) is 12.5 Å². The minimum Gasteiger partial charge on any atom is -0.389 e. The molecule has 0 aromatic carbocycles. The smallest absolute Gasteiger partial charge is 0.158 e. The maximum absolute atomic E-state index is 9.65. The van der Waals surface area contributed by atoms with Crippen molar-refractivity contribution in [3.8, 4) is 0 Å². The van der Waals surface area contributed by atoms with Crippen LogP contribution in [0.15, 0.2) is 12.2 Å². The van der Waals surface area contributed by atoms with Gasteiger partial charge in [0.25, 0.3) is 0 Å². The molecule has 0 spiro atoms. The third-order valence-electron chi connectivity index (χ3n) is 2.99. The highest BCUT2D eigenvalue weighted by Gasteiger charge is 2.20. The Hall–Kier alpha value is -0.0900. The average molecular weight is 263 g/mol. The van der Waals surface area contributed by atoms with Crippen LogP contribution >= 0.6 is 11.6 Å². The highest BCUT2D eigenvalue weighted by molar-refractivity contribution is 6.18. The van der Waals surface area contributed by atoms with Gasteiger partial charge in [0.05, 0.1) is 12.2 Å². The monoisotopic (exact) mass is 262 g/mol. The molecule has 0 aromatic heterocycles. The Labute approximate surface area is 109 Å². The fraction of sp³-hybridized carbons (Fsp3) is 0.846. The minimum absolute atomic E-state index is 0.0474. The second-order valence-corrected chi connectivity index (χ2v) is 4.96. The van der Waals surface area contributed by atoms with Crippen molar-refractivity contribution in [3.05, 3.63) is 12.2 Å². The van der Waals surface area contributed by atoms with Crippen LogP contribution in [0.2, 0.25) is 0 Å². The number of rotatable bonds is 7. The van der Waals surface area contributed by atoms with Gasteiger partial charge in [-0.1, -0.05) is 12.2 Å². The molecule has 0 radical (unpaired) electrons. The molecule has 0 saturated carbocycles. The first-order valence-corrected chi connectivity index (χ1v) is 6.83. The molecule has 3 atom stereocenters. The van der Waals surface area contributed by atoms with Crippen LogP contribution in [0.4, 0.5) is 0 Å². The van der Waals surface area contributed by atoms with Crippen molar-refractivity contribution in [1.29, 1.82) is 0 Å². The number of ether oxygens (including phenoxy) is 2. The van der Waals surface area contributed by atoms with E-state index < -0.39 is 6.10 Å². The molecule has 1 rings (SSSR count). The van der Waals surface area contributed by atoms with Gasteiger partial charge in [-0.3, -0.25) is 0 Å². The molecule has 1 fully saturated rings. The van der Waals surface area contributed by atoms with E-state index in [-0.39, 0.29) is 12.4 Å². The normalized spacial score (nSPS) is 24.3. The van der Waals surface area contributed by atoms with E-state index in [9.17, 15) is 5.11 Å². The second kappa shape index (κ2) is 8.09. The van der Waals surface area contributed by atoms with Gasteiger partial charge in [-0.2, -0.15) is 0 Å². The molecule has 0 aliphatic carbocycles. The maximum Gasteiger partial charge on any atom is 0.158 e. The van der Waals surface area contributed by atoms with Crippen molar-refractivity contribution in [2.24, 2.45) is 0 Å². The highest BCUT2D eigenvalue weighted by Crippen LogP contribution is 2.19. The lowest BCUT2D eigenvalue weighted by Gasteiger charge is -2.27. The Kier molecular flexibility index (Phi) is 7.12. The van der Waals surface area contributed by atoms with Gasteiger partial charge < -0.3 is 14.6 Å². The lowest BCUT2D eigenvalue weighted by Crippen LogP contribution is -2.29. The van der Waals surface area contributed by atoms with Gasteiger partial charge in [-0.15, -0.1) is 11.6 Å². The third kappa shape index (κ3) is 5.87. The molecule has 0 bridgehead atoms. The first kappa shape index (κ1) is 15.0. The summed E-state index contributed by atoms with van der Waals surface area (Å²) in [4.78, 5) is 0. The van der Waals surface area contributed by atoms with Crippen LogP contribution in [0.5, 0.6) is 0 Å².